The van der Waals surface area contributed by atoms with Crippen molar-refractivity contribution in [3.05, 3.63) is 0 Å². The fraction of sp³-hybridized carbons (Fsp3) is 0.929. The first kappa shape index (κ1) is 17.9. The second kappa shape index (κ2) is 11.0. The molecule has 0 N–H and O–H groups in total. The number of carbonyl (C=O) groups is 1. The van der Waals surface area contributed by atoms with Gasteiger partial charge in [-0.25, -0.2) is 0 Å². The minimum Gasteiger partial charge on any atom is -0.550 e. The predicted molar refractivity (Wildman–Crippen MR) is 68.1 cm³/mol. The molecule has 0 aliphatic carbocycles. The zero-order valence-electron chi connectivity index (χ0n) is 11.8. The van der Waals surface area contributed by atoms with Crippen LogP contribution in [-0.2, 0) is 4.79 Å². The molecular weight excluding hydrogens is 200 g/mol. The highest BCUT2D eigenvalue weighted by Crippen LogP contribution is 2.08. The topological polar surface area (TPSA) is 40.1 Å². The second-order valence-corrected chi connectivity index (χ2v) is 5.89. The highest BCUT2D eigenvalue weighted by atomic mass is 16.4. The van der Waals surface area contributed by atoms with E-state index in [2.05, 4.69) is 34.6 Å². The third kappa shape index (κ3) is 37.5. The molecule has 0 aromatic heterocycles. The van der Waals surface area contributed by atoms with Crippen molar-refractivity contribution in [2.75, 3.05) is 0 Å². The maximum Gasteiger partial charge on any atom is 0.0414 e. The highest BCUT2D eigenvalue weighted by Gasteiger charge is 1.95. The number of aliphatic carboxylic acids is 1. The van der Waals surface area contributed by atoms with E-state index in [4.69, 9.17) is 0 Å². The monoisotopic (exact) mass is 229 g/mol. The fourth-order valence-corrected chi connectivity index (χ4v) is 1.05. The molecule has 0 saturated carbocycles. The molecule has 0 atom stereocenters. The minimum atomic E-state index is -0.916. The van der Waals surface area contributed by atoms with E-state index in [9.17, 15) is 9.90 Å². The zero-order valence-corrected chi connectivity index (χ0v) is 11.8. The maximum atomic E-state index is 9.98. The normalized spacial score (nSPS) is 10.6. The molecule has 0 fully saturated rings. The number of carbonyl (C=O) groups excluding carboxylic acids is 1. The SMILES string of the molecule is CC(C)(C)C.CCCCCCCCC(=O)[O-]. The third-order valence-corrected chi connectivity index (χ3v) is 1.73. The second-order valence-electron chi connectivity index (χ2n) is 5.89. The van der Waals surface area contributed by atoms with Crippen LogP contribution in [0.2, 0.25) is 0 Å². The van der Waals surface area contributed by atoms with Gasteiger partial charge in [-0.2, -0.15) is 0 Å². The van der Waals surface area contributed by atoms with Crippen molar-refractivity contribution in [1.82, 2.24) is 0 Å². The van der Waals surface area contributed by atoms with Crippen LogP contribution in [0, 0.1) is 5.41 Å². The molecule has 0 amide bonds. The number of carboxylic acid groups (broad SMARTS) is 1. The molecule has 0 aliphatic heterocycles. The predicted octanol–water partition coefficient (Wildman–Crippen LogP) is 3.54. The average molecular weight is 229 g/mol. The van der Waals surface area contributed by atoms with Crippen molar-refractivity contribution >= 4 is 5.97 Å². The first-order valence-corrected chi connectivity index (χ1v) is 6.47. The summed E-state index contributed by atoms with van der Waals surface area (Å²) in [5.74, 6) is -0.916. The Bertz CT molecular complexity index is 151. The van der Waals surface area contributed by atoms with Gasteiger partial charge in [-0.3, -0.25) is 0 Å². The standard InChI is InChI=1S/C9H18O2.C5H12/c1-2-3-4-5-6-7-8-9(10)11;1-5(2,3)4/h2-8H2,1H3,(H,10,11);1-4H3/p-1. The Morgan fingerprint density at radius 1 is 0.938 bits per heavy atom. The quantitative estimate of drug-likeness (QED) is 0.626. The van der Waals surface area contributed by atoms with Gasteiger partial charge in [0.05, 0.1) is 0 Å². The van der Waals surface area contributed by atoms with Crippen LogP contribution in [0.5, 0.6) is 0 Å². The summed E-state index contributed by atoms with van der Waals surface area (Å²) in [6.45, 7) is 10.9. The molecule has 2 nitrogen and oxygen atoms in total. The van der Waals surface area contributed by atoms with E-state index in [-0.39, 0.29) is 6.42 Å². The summed E-state index contributed by atoms with van der Waals surface area (Å²) in [5, 5.41) is 9.98. The van der Waals surface area contributed by atoms with Crippen LogP contribution in [-0.4, -0.2) is 5.97 Å². The smallest absolute Gasteiger partial charge is 0.0414 e. The summed E-state index contributed by atoms with van der Waals surface area (Å²) in [4.78, 5) is 9.98. The lowest BCUT2D eigenvalue weighted by Gasteiger charge is -2.05. The molecule has 0 aromatic carbocycles. The van der Waals surface area contributed by atoms with Gasteiger partial charge in [-0.1, -0.05) is 66.7 Å². The van der Waals surface area contributed by atoms with Gasteiger partial charge in [0.2, 0.25) is 0 Å². The zero-order chi connectivity index (χ0) is 13.0. The Kier molecular flexibility index (Phi) is 12.2. The van der Waals surface area contributed by atoms with Gasteiger partial charge in [0, 0.05) is 5.97 Å². The van der Waals surface area contributed by atoms with E-state index in [1.54, 1.807) is 0 Å². The first-order chi connectivity index (χ1) is 7.27. The lowest BCUT2D eigenvalue weighted by atomic mass is 10.0. The van der Waals surface area contributed by atoms with E-state index in [0.717, 1.165) is 12.8 Å². The number of hydrogen-bond acceptors (Lipinski definition) is 2. The molecular formula is C14H29O2-. The van der Waals surface area contributed by atoms with E-state index in [0.29, 0.717) is 5.41 Å². The van der Waals surface area contributed by atoms with Crippen molar-refractivity contribution in [3.63, 3.8) is 0 Å². The van der Waals surface area contributed by atoms with Gasteiger partial charge in [0.1, 0.15) is 0 Å². The molecule has 0 unspecified atom stereocenters. The molecule has 0 heterocycles. The number of carboxylic acids is 1. The summed E-state index contributed by atoms with van der Waals surface area (Å²) < 4.78 is 0. The van der Waals surface area contributed by atoms with Gasteiger partial charge in [0.15, 0.2) is 0 Å². The van der Waals surface area contributed by atoms with Crippen LogP contribution >= 0.6 is 0 Å². The maximum absolute atomic E-state index is 9.98. The van der Waals surface area contributed by atoms with Crippen LogP contribution in [0.4, 0.5) is 0 Å². The molecule has 0 bridgehead atoms. The Labute approximate surface area is 101 Å². The van der Waals surface area contributed by atoms with Crippen molar-refractivity contribution < 1.29 is 9.90 Å². The lowest BCUT2D eigenvalue weighted by Crippen LogP contribution is -2.21. The summed E-state index contributed by atoms with van der Waals surface area (Å²) in [6.07, 6.45) is 6.96. The Hall–Kier alpha value is -0.530. The fourth-order valence-electron chi connectivity index (χ4n) is 1.05. The largest absolute Gasteiger partial charge is 0.550 e. The summed E-state index contributed by atoms with van der Waals surface area (Å²) in [7, 11) is 0. The summed E-state index contributed by atoms with van der Waals surface area (Å²) >= 11 is 0. The Morgan fingerprint density at radius 2 is 1.31 bits per heavy atom. The number of rotatable bonds is 7. The van der Waals surface area contributed by atoms with Crippen LogP contribution < -0.4 is 5.11 Å². The van der Waals surface area contributed by atoms with E-state index >= 15 is 0 Å². The van der Waals surface area contributed by atoms with Gasteiger partial charge >= 0.3 is 0 Å². The van der Waals surface area contributed by atoms with Crippen molar-refractivity contribution in [2.45, 2.75) is 79.6 Å². The third-order valence-electron chi connectivity index (χ3n) is 1.73. The minimum absolute atomic E-state index is 0.228. The highest BCUT2D eigenvalue weighted by molar-refractivity contribution is 5.63. The van der Waals surface area contributed by atoms with Gasteiger partial charge < -0.3 is 9.90 Å². The molecule has 0 spiro atoms. The Morgan fingerprint density at radius 3 is 1.69 bits per heavy atom. The lowest BCUT2D eigenvalue weighted by molar-refractivity contribution is -0.305. The van der Waals surface area contributed by atoms with Crippen molar-refractivity contribution in [2.24, 2.45) is 5.41 Å². The van der Waals surface area contributed by atoms with Crippen molar-refractivity contribution in [3.8, 4) is 0 Å². The molecule has 0 saturated heterocycles. The van der Waals surface area contributed by atoms with Crippen LogP contribution in [0.15, 0.2) is 0 Å². The first-order valence-electron chi connectivity index (χ1n) is 6.47. The summed E-state index contributed by atoms with van der Waals surface area (Å²) in [5.41, 5.74) is 0.500. The number of unbranched alkanes of at least 4 members (excludes halogenated alkanes) is 5. The van der Waals surface area contributed by atoms with Gasteiger partial charge in [0.25, 0.3) is 0 Å². The van der Waals surface area contributed by atoms with Crippen LogP contribution in [0.1, 0.15) is 79.6 Å². The molecule has 0 rings (SSSR count). The molecule has 0 aromatic rings. The molecule has 16 heavy (non-hydrogen) atoms. The van der Waals surface area contributed by atoms with Gasteiger partial charge in [-0.05, 0) is 18.3 Å². The molecule has 0 radical (unpaired) electrons. The Balaban J connectivity index is 0. The van der Waals surface area contributed by atoms with Crippen LogP contribution in [0.25, 0.3) is 0 Å². The van der Waals surface area contributed by atoms with Crippen molar-refractivity contribution in [1.29, 1.82) is 0 Å². The van der Waals surface area contributed by atoms with E-state index in [1.807, 2.05) is 0 Å². The van der Waals surface area contributed by atoms with Gasteiger partial charge in [-0.15, -0.1) is 0 Å². The van der Waals surface area contributed by atoms with E-state index < -0.39 is 5.97 Å². The van der Waals surface area contributed by atoms with Crippen LogP contribution in [0.3, 0.4) is 0 Å². The molecule has 98 valence electrons. The molecule has 0 aliphatic rings. The number of hydrogen-bond donors (Lipinski definition) is 0. The average Bonchev–Trinajstić information content (AvgIpc) is 2.08. The molecule has 2 heteroatoms. The van der Waals surface area contributed by atoms with E-state index in [1.165, 1.54) is 25.7 Å². The summed E-state index contributed by atoms with van der Waals surface area (Å²) in [6, 6.07) is 0.